The number of halogens is 7. The van der Waals surface area contributed by atoms with Crippen LogP contribution in [-0.2, 0) is 3.79 Å². The average Bonchev–Trinajstić information content (AvgIpc) is 1.97. The van der Waals surface area contributed by atoms with Gasteiger partial charge in [-0.15, -0.1) is 0 Å². The van der Waals surface area contributed by atoms with E-state index in [1.54, 1.807) is 0 Å². The van der Waals surface area contributed by atoms with E-state index >= 15 is 0 Å². The largest absolute Gasteiger partial charge is 0.218 e. The Kier molecular flexibility index (Phi) is 4.40. The summed E-state index contributed by atoms with van der Waals surface area (Å²) in [6.07, 6.45) is 0. The zero-order chi connectivity index (χ0) is 11.1. The lowest BCUT2D eigenvalue weighted by Gasteiger charge is -2.16. The maximum absolute atomic E-state index is 5.83. The molecular formula is C7HCl7. The zero-order valence-electron chi connectivity index (χ0n) is 6.22. The summed E-state index contributed by atoms with van der Waals surface area (Å²) in [5.74, 6) is 0. The minimum Gasteiger partial charge on any atom is -0.0838 e. The van der Waals surface area contributed by atoms with Gasteiger partial charge in [-0.3, -0.25) is 0 Å². The second-order valence-electron chi connectivity index (χ2n) is 2.34. The maximum atomic E-state index is 5.83. The Morgan fingerprint density at radius 2 is 1.29 bits per heavy atom. The van der Waals surface area contributed by atoms with Crippen molar-refractivity contribution in [2.45, 2.75) is 3.79 Å². The highest BCUT2D eigenvalue weighted by Crippen LogP contribution is 2.49. The Labute approximate surface area is 116 Å². The zero-order valence-corrected chi connectivity index (χ0v) is 11.5. The molecule has 1 rings (SSSR count). The van der Waals surface area contributed by atoms with Gasteiger partial charge >= 0.3 is 0 Å². The summed E-state index contributed by atoms with van der Waals surface area (Å²) in [6, 6.07) is 1.37. The Morgan fingerprint density at radius 1 is 0.786 bits per heavy atom. The van der Waals surface area contributed by atoms with Gasteiger partial charge in [-0.05, 0) is 6.07 Å². The van der Waals surface area contributed by atoms with E-state index in [1.807, 2.05) is 0 Å². The predicted octanol–water partition coefficient (Wildman–Crippen LogP) is 6.13. The van der Waals surface area contributed by atoms with Gasteiger partial charge in [0.15, 0.2) is 0 Å². The van der Waals surface area contributed by atoms with E-state index in [-0.39, 0.29) is 25.7 Å². The van der Waals surface area contributed by atoms with Crippen LogP contribution in [0, 0.1) is 0 Å². The van der Waals surface area contributed by atoms with E-state index in [0.29, 0.717) is 0 Å². The third-order valence-corrected chi connectivity index (χ3v) is 3.52. The van der Waals surface area contributed by atoms with Crippen LogP contribution in [0.2, 0.25) is 20.1 Å². The first-order valence-corrected chi connectivity index (χ1v) is 5.80. The van der Waals surface area contributed by atoms with Crippen LogP contribution in [0.15, 0.2) is 6.07 Å². The van der Waals surface area contributed by atoms with Crippen molar-refractivity contribution in [2.24, 2.45) is 0 Å². The first-order valence-electron chi connectivity index (χ1n) is 3.15. The summed E-state index contributed by atoms with van der Waals surface area (Å²) in [7, 11) is 0. The van der Waals surface area contributed by atoms with Gasteiger partial charge in [-0.25, -0.2) is 0 Å². The number of hydrogen-bond acceptors (Lipinski definition) is 0. The molecule has 0 aliphatic carbocycles. The van der Waals surface area contributed by atoms with Crippen LogP contribution < -0.4 is 0 Å². The van der Waals surface area contributed by atoms with Gasteiger partial charge in [0.05, 0.1) is 20.1 Å². The standard InChI is InChI=1S/C7HCl7/c8-2-1-3(9)5(10)6(11)4(2)7(12,13)14/h1H. The molecule has 0 spiro atoms. The molecule has 0 amide bonds. The molecule has 1 aromatic rings. The summed E-state index contributed by atoms with van der Waals surface area (Å²) in [5.41, 5.74) is 0.125. The second-order valence-corrected chi connectivity index (χ2v) is 6.19. The van der Waals surface area contributed by atoms with Crippen LogP contribution in [0.4, 0.5) is 0 Å². The van der Waals surface area contributed by atoms with Crippen molar-refractivity contribution in [3.63, 3.8) is 0 Å². The fraction of sp³-hybridized carbons (Fsp3) is 0.143. The monoisotopic (exact) mass is 330 g/mol. The van der Waals surface area contributed by atoms with E-state index in [4.69, 9.17) is 81.2 Å². The molecule has 0 atom stereocenters. The van der Waals surface area contributed by atoms with Gasteiger partial charge in [0, 0.05) is 5.56 Å². The van der Waals surface area contributed by atoms with Crippen LogP contribution in [0.5, 0.6) is 0 Å². The van der Waals surface area contributed by atoms with Crippen LogP contribution in [-0.4, -0.2) is 0 Å². The highest BCUT2D eigenvalue weighted by molar-refractivity contribution is 6.68. The highest BCUT2D eigenvalue weighted by atomic mass is 35.6. The molecule has 0 bridgehead atoms. The van der Waals surface area contributed by atoms with E-state index in [0.717, 1.165) is 0 Å². The van der Waals surface area contributed by atoms with Crippen molar-refractivity contribution in [3.8, 4) is 0 Å². The molecule has 0 aromatic heterocycles. The first-order chi connectivity index (χ1) is 6.25. The fourth-order valence-corrected chi connectivity index (χ4v) is 2.90. The predicted molar refractivity (Wildman–Crippen MR) is 65.7 cm³/mol. The van der Waals surface area contributed by atoms with Crippen LogP contribution >= 0.6 is 81.2 Å². The third kappa shape index (κ3) is 2.68. The van der Waals surface area contributed by atoms with Gasteiger partial charge in [-0.1, -0.05) is 81.2 Å². The van der Waals surface area contributed by atoms with Gasteiger partial charge < -0.3 is 0 Å². The molecule has 0 fully saturated rings. The minimum absolute atomic E-state index is 0.0455. The lowest BCUT2D eigenvalue weighted by molar-refractivity contribution is 1.24. The average molecular weight is 333 g/mol. The molecule has 0 aliphatic rings. The van der Waals surface area contributed by atoms with Gasteiger partial charge in [-0.2, -0.15) is 0 Å². The molecule has 0 aliphatic heterocycles. The molecule has 14 heavy (non-hydrogen) atoms. The molecule has 0 saturated carbocycles. The molecule has 78 valence electrons. The van der Waals surface area contributed by atoms with Gasteiger partial charge in [0.1, 0.15) is 0 Å². The molecule has 0 unspecified atom stereocenters. The maximum Gasteiger partial charge on any atom is 0.218 e. The quantitative estimate of drug-likeness (QED) is 0.304. The molecule has 7 heteroatoms. The Bertz CT molecular complexity index is 365. The minimum atomic E-state index is -1.73. The van der Waals surface area contributed by atoms with Crippen molar-refractivity contribution in [1.82, 2.24) is 0 Å². The van der Waals surface area contributed by atoms with Gasteiger partial charge in [0.25, 0.3) is 0 Å². The Morgan fingerprint density at radius 3 is 1.71 bits per heavy atom. The van der Waals surface area contributed by atoms with Crippen LogP contribution in [0.25, 0.3) is 0 Å². The fourth-order valence-electron chi connectivity index (χ4n) is 0.826. The Hall–Kier alpha value is 1.25. The smallest absolute Gasteiger partial charge is 0.0838 e. The highest BCUT2D eigenvalue weighted by Gasteiger charge is 2.30. The van der Waals surface area contributed by atoms with E-state index in [1.165, 1.54) is 6.07 Å². The van der Waals surface area contributed by atoms with E-state index in [9.17, 15) is 0 Å². The van der Waals surface area contributed by atoms with Crippen molar-refractivity contribution in [3.05, 3.63) is 31.7 Å². The lowest BCUT2D eigenvalue weighted by Crippen LogP contribution is -2.02. The topological polar surface area (TPSA) is 0 Å². The molecule has 0 nitrogen and oxygen atoms in total. The van der Waals surface area contributed by atoms with Crippen molar-refractivity contribution < 1.29 is 0 Å². The third-order valence-electron chi connectivity index (χ3n) is 1.40. The molecule has 1 aromatic carbocycles. The number of alkyl halides is 3. The lowest BCUT2D eigenvalue weighted by atomic mass is 10.2. The van der Waals surface area contributed by atoms with Gasteiger partial charge in [0.2, 0.25) is 3.79 Å². The summed E-state index contributed by atoms with van der Waals surface area (Å²) in [5, 5.41) is 0.521. The molecule has 0 saturated heterocycles. The first kappa shape index (κ1) is 13.3. The van der Waals surface area contributed by atoms with Crippen molar-refractivity contribution >= 4 is 81.2 Å². The van der Waals surface area contributed by atoms with Crippen molar-refractivity contribution in [2.75, 3.05) is 0 Å². The number of benzene rings is 1. The Balaban J connectivity index is 3.53. The van der Waals surface area contributed by atoms with Crippen LogP contribution in [0.3, 0.4) is 0 Å². The van der Waals surface area contributed by atoms with Crippen molar-refractivity contribution in [1.29, 1.82) is 0 Å². The van der Waals surface area contributed by atoms with E-state index in [2.05, 4.69) is 0 Å². The molecule has 0 N–H and O–H groups in total. The van der Waals surface area contributed by atoms with Crippen LogP contribution in [0.1, 0.15) is 5.56 Å². The molecule has 0 radical (unpaired) electrons. The normalized spacial score (nSPS) is 11.9. The molecule has 0 heterocycles. The second kappa shape index (κ2) is 4.63. The summed E-state index contributed by atoms with van der Waals surface area (Å²) in [6.45, 7) is 0. The summed E-state index contributed by atoms with van der Waals surface area (Å²) in [4.78, 5) is 0. The summed E-state index contributed by atoms with van der Waals surface area (Å²) < 4.78 is -1.73. The number of rotatable bonds is 0. The molecular weight excluding hydrogens is 332 g/mol. The summed E-state index contributed by atoms with van der Waals surface area (Å²) >= 11 is 40.1. The number of hydrogen-bond donors (Lipinski definition) is 0. The SMILES string of the molecule is Clc1cc(Cl)c(C(Cl)(Cl)Cl)c(Cl)c1Cl. The van der Waals surface area contributed by atoms with E-state index < -0.39 is 3.79 Å².